The maximum atomic E-state index is 9.83. The summed E-state index contributed by atoms with van der Waals surface area (Å²) in [6.07, 6.45) is 4.14. The van der Waals surface area contributed by atoms with Crippen LogP contribution < -0.4 is 10.7 Å². The summed E-state index contributed by atoms with van der Waals surface area (Å²) in [5.74, 6) is 1.24. The van der Waals surface area contributed by atoms with Gasteiger partial charge in [0.1, 0.15) is 0 Å². The van der Waals surface area contributed by atoms with E-state index in [9.17, 15) is 10.5 Å². The third-order valence-corrected chi connectivity index (χ3v) is 6.29. The topological polar surface area (TPSA) is 96.8 Å². The number of ether oxygens (including phenoxy) is 1. The predicted octanol–water partition coefficient (Wildman–Crippen LogP) is 0.0851. The fourth-order valence-corrected chi connectivity index (χ4v) is 5.40. The van der Waals surface area contributed by atoms with Crippen LogP contribution in [0.2, 0.25) is 0 Å². The van der Waals surface area contributed by atoms with Gasteiger partial charge in [-0.05, 0) is 6.42 Å². The molecule has 0 radical (unpaired) electrons. The van der Waals surface area contributed by atoms with E-state index in [4.69, 9.17) is 10.5 Å². The minimum Gasteiger partial charge on any atom is -0.327 e. The van der Waals surface area contributed by atoms with E-state index in [0.717, 1.165) is 31.4 Å². The number of nitrogens with one attached hydrogen (secondary N) is 1. The number of amidine groups is 1. The number of hydrogen-bond donors (Lipinski definition) is 2. The standard InChI is InChI=1S/C14H18N4OS/c1-2-3-4-5-10-12(8-15)11(17)18-14(13(10,12)9-16)19-6-7-20-14/h10H,2-7H2,1H3,(H2,17,18)/p+1/t10-,12+,13+,14+/m0/s1. The number of rotatable bonds is 4. The summed E-state index contributed by atoms with van der Waals surface area (Å²) in [6, 6.07) is 4.76. The van der Waals surface area contributed by atoms with Gasteiger partial charge in [0.2, 0.25) is 0 Å². The first-order valence-electron chi connectivity index (χ1n) is 7.16. The molecule has 1 saturated carbocycles. The van der Waals surface area contributed by atoms with Crippen molar-refractivity contribution in [2.75, 3.05) is 12.4 Å². The van der Waals surface area contributed by atoms with Crippen LogP contribution in [0.15, 0.2) is 0 Å². The Morgan fingerprint density at radius 3 is 2.80 bits per heavy atom. The molecule has 106 valence electrons. The summed E-state index contributed by atoms with van der Waals surface area (Å²) >= 11 is 1.58. The lowest BCUT2D eigenvalue weighted by molar-refractivity contribution is -0.584. The molecule has 1 aliphatic carbocycles. The maximum absolute atomic E-state index is 9.83. The summed E-state index contributed by atoms with van der Waals surface area (Å²) in [5, 5.41) is 18.7. The van der Waals surface area contributed by atoms with Gasteiger partial charge in [-0.2, -0.15) is 10.5 Å². The van der Waals surface area contributed by atoms with Gasteiger partial charge in [0.25, 0.3) is 10.9 Å². The van der Waals surface area contributed by atoms with Crippen molar-refractivity contribution in [2.45, 2.75) is 37.7 Å². The molecule has 2 aliphatic heterocycles. The molecule has 0 amide bonds. The zero-order valence-corrected chi connectivity index (χ0v) is 12.4. The molecule has 2 fully saturated rings. The number of nitrogens with two attached hydrogens (primary N) is 1. The zero-order valence-electron chi connectivity index (χ0n) is 11.6. The van der Waals surface area contributed by atoms with Crippen LogP contribution in [0.3, 0.4) is 0 Å². The number of fused-ring (bicyclic) bond motifs is 2. The van der Waals surface area contributed by atoms with Gasteiger partial charge in [0.05, 0.1) is 18.7 Å². The van der Waals surface area contributed by atoms with Crippen LogP contribution in [-0.4, -0.2) is 23.3 Å². The summed E-state index contributed by atoms with van der Waals surface area (Å²) in [4.78, 5) is 3.12. The number of thioether (sulfide) groups is 1. The Morgan fingerprint density at radius 1 is 1.45 bits per heavy atom. The molecule has 5 nitrogen and oxygen atoms in total. The van der Waals surface area contributed by atoms with Crippen LogP contribution in [0.5, 0.6) is 0 Å². The van der Waals surface area contributed by atoms with Crippen molar-refractivity contribution in [3.8, 4) is 12.1 Å². The Balaban J connectivity index is 1.98. The molecule has 1 saturated heterocycles. The fourth-order valence-electron chi connectivity index (χ4n) is 4.03. The van der Waals surface area contributed by atoms with Gasteiger partial charge in [-0.15, -0.1) is 0 Å². The van der Waals surface area contributed by atoms with Gasteiger partial charge in [-0.1, -0.05) is 37.9 Å². The normalized spacial score (nSPS) is 44.8. The molecule has 3 aliphatic rings. The highest BCUT2D eigenvalue weighted by Gasteiger charge is 2.95. The molecule has 1 spiro atoms. The van der Waals surface area contributed by atoms with E-state index in [1.807, 2.05) is 0 Å². The summed E-state index contributed by atoms with van der Waals surface area (Å²) in [6.45, 7) is 2.74. The fraction of sp³-hybridized carbons (Fsp3) is 0.786. The zero-order chi connectivity index (χ0) is 14.4. The number of nitriles is 2. The van der Waals surface area contributed by atoms with E-state index >= 15 is 0 Å². The van der Waals surface area contributed by atoms with Crippen molar-refractivity contribution in [3.63, 3.8) is 0 Å². The molecule has 0 aromatic heterocycles. The molecule has 3 rings (SSSR count). The monoisotopic (exact) mass is 291 g/mol. The quantitative estimate of drug-likeness (QED) is 0.715. The van der Waals surface area contributed by atoms with Crippen molar-refractivity contribution in [2.24, 2.45) is 22.5 Å². The molecule has 2 heterocycles. The molecule has 0 unspecified atom stereocenters. The molecule has 6 heteroatoms. The maximum Gasteiger partial charge on any atom is 0.277 e. The van der Waals surface area contributed by atoms with E-state index in [1.54, 1.807) is 11.8 Å². The van der Waals surface area contributed by atoms with Gasteiger partial charge in [0, 0.05) is 11.7 Å². The van der Waals surface area contributed by atoms with Gasteiger partial charge >= 0.3 is 0 Å². The molecule has 0 aromatic carbocycles. The second-order valence-electron chi connectivity index (χ2n) is 5.74. The Kier molecular flexibility index (Phi) is 3.00. The number of hydrogen-bond acceptors (Lipinski definition) is 5. The van der Waals surface area contributed by atoms with Crippen LogP contribution >= 0.6 is 11.8 Å². The molecule has 4 atom stereocenters. The van der Waals surface area contributed by atoms with Gasteiger partial charge < -0.3 is 4.74 Å². The van der Waals surface area contributed by atoms with Crippen LogP contribution in [-0.2, 0) is 4.74 Å². The number of unbranched alkanes of at least 4 members (excludes halogenated alkanes) is 2. The van der Waals surface area contributed by atoms with Crippen molar-refractivity contribution >= 4 is 17.6 Å². The lowest BCUT2D eigenvalue weighted by atomic mass is 9.95. The lowest BCUT2D eigenvalue weighted by Gasteiger charge is -2.23. The van der Waals surface area contributed by atoms with Crippen LogP contribution in [0.25, 0.3) is 0 Å². The third kappa shape index (κ3) is 1.25. The van der Waals surface area contributed by atoms with E-state index in [1.165, 1.54) is 0 Å². The van der Waals surface area contributed by atoms with E-state index in [-0.39, 0.29) is 5.92 Å². The molecule has 3 N–H and O–H groups in total. The number of nitrogens with zero attached hydrogens (tertiary/aromatic N) is 2. The SMILES string of the molecule is CCCCC[C@@H]1[C@@]2(C#N)[C@@]3([NH+]=C(N)[C@@]12C#N)OCCS3. The van der Waals surface area contributed by atoms with Crippen molar-refractivity contribution in [3.05, 3.63) is 0 Å². The minimum absolute atomic E-state index is 0.0107. The van der Waals surface area contributed by atoms with E-state index in [0.29, 0.717) is 12.4 Å². The van der Waals surface area contributed by atoms with Crippen LogP contribution in [0, 0.1) is 39.4 Å². The van der Waals surface area contributed by atoms with Gasteiger partial charge in [-0.3, -0.25) is 5.73 Å². The van der Waals surface area contributed by atoms with Crippen molar-refractivity contribution in [1.29, 1.82) is 10.5 Å². The largest absolute Gasteiger partial charge is 0.327 e. The second-order valence-corrected chi connectivity index (χ2v) is 7.01. The van der Waals surface area contributed by atoms with E-state index in [2.05, 4.69) is 24.1 Å². The first-order chi connectivity index (χ1) is 9.65. The summed E-state index contributed by atoms with van der Waals surface area (Å²) in [5.41, 5.74) is 4.42. The average molecular weight is 291 g/mol. The lowest BCUT2D eigenvalue weighted by Crippen LogP contribution is -2.88. The van der Waals surface area contributed by atoms with Crippen LogP contribution in [0.1, 0.15) is 32.6 Å². The first-order valence-corrected chi connectivity index (χ1v) is 8.15. The first kappa shape index (κ1) is 13.7. The minimum atomic E-state index is -0.868. The van der Waals surface area contributed by atoms with Crippen LogP contribution in [0.4, 0.5) is 0 Å². The Labute approximate surface area is 123 Å². The second kappa shape index (κ2) is 4.38. The van der Waals surface area contributed by atoms with Gasteiger partial charge in [-0.25, -0.2) is 4.99 Å². The molecule has 0 aromatic rings. The molecule has 20 heavy (non-hydrogen) atoms. The highest BCUT2D eigenvalue weighted by molar-refractivity contribution is 8.00. The van der Waals surface area contributed by atoms with Crippen molar-refractivity contribution < 1.29 is 9.73 Å². The summed E-state index contributed by atoms with van der Waals surface area (Å²) in [7, 11) is 0. The third-order valence-electron chi connectivity index (χ3n) is 4.97. The smallest absolute Gasteiger partial charge is 0.277 e. The highest BCUT2D eigenvalue weighted by atomic mass is 32.2. The van der Waals surface area contributed by atoms with Gasteiger partial charge in [0.15, 0.2) is 10.8 Å². The average Bonchev–Trinajstić information content (AvgIpc) is 2.69. The Bertz CT molecular complexity index is 542. The molecule has 0 bridgehead atoms. The molecular formula is C14H19N4OS+. The Hall–Kier alpha value is -1.24. The highest BCUT2D eigenvalue weighted by Crippen LogP contribution is 2.77. The Morgan fingerprint density at radius 2 is 2.25 bits per heavy atom. The van der Waals surface area contributed by atoms with Crippen molar-refractivity contribution in [1.82, 2.24) is 0 Å². The predicted molar refractivity (Wildman–Crippen MR) is 75.0 cm³/mol. The molecular weight excluding hydrogens is 272 g/mol. The summed E-state index contributed by atoms with van der Waals surface area (Å²) < 4.78 is 5.86. The van der Waals surface area contributed by atoms with E-state index < -0.39 is 15.9 Å².